The summed E-state index contributed by atoms with van der Waals surface area (Å²) in [6, 6.07) is 7.27. The van der Waals surface area contributed by atoms with Crippen LogP contribution in [0.25, 0.3) is 11.1 Å². The van der Waals surface area contributed by atoms with Crippen LogP contribution >= 0.6 is 0 Å². The van der Waals surface area contributed by atoms with Crippen LogP contribution in [0.3, 0.4) is 0 Å². The van der Waals surface area contributed by atoms with Crippen LogP contribution in [-0.4, -0.2) is 56.5 Å². The van der Waals surface area contributed by atoms with E-state index in [-0.39, 0.29) is 36.6 Å². The standard InChI is InChI=1S/C26H28F5N3O3S/c27-18-10-17(22(29)19(12-18)15-4-2-1-3-5-15)11-21-23(33-38(36,37)24(30)31)26(8-9-26)14-34(21)25(35)32-13-20(28)16-6-7-16/h1-5,10,12,16,20-21,23-24,33H,6-9,11,13-14H2,(H,32,35)/t20?,21-,23+/m0/s1. The maximum Gasteiger partial charge on any atom is 0.350 e. The summed E-state index contributed by atoms with van der Waals surface area (Å²) in [5.41, 5.74) is -0.562. The maximum absolute atomic E-state index is 15.7. The summed E-state index contributed by atoms with van der Waals surface area (Å²) in [7, 11) is -5.05. The predicted molar refractivity (Wildman–Crippen MR) is 131 cm³/mol. The number of nitrogens with zero attached hydrogens (tertiary/aromatic N) is 1. The number of amides is 2. The molecule has 5 rings (SSSR count). The van der Waals surface area contributed by atoms with Gasteiger partial charge in [0.15, 0.2) is 0 Å². The van der Waals surface area contributed by atoms with Crippen LogP contribution in [0.2, 0.25) is 0 Å². The van der Waals surface area contributed by atoms with Crippen molar-refractivity contribution in [3.63, 3.8) is 0 Å². The second-order valence-corrected chi connectivity index (χ2v) is 12.2. The Labute approximate surface area is 217 Å². The van der Waals surface area contributed by atoms with Crippen molar-refractivity contribution in [3.8, 4) is 11.1 Å². The first-order valence-corrected chi connectivity index (χ1v) is 14.1. The molecule has 12 heteroatoms. The quantitative estimate of drug-likeness (QED) is 0.443. The average Bonchev–Trinajstić information content (AvgIpc) is 3.80. The predicted octanol–water partition coefficient (Wildman–Crippen LogP) is 4.61. The van der Waals surface area contributed by atoms with E-state index in [1.807, 2.05) is 4.72 Å². The van der Waals surface area contributed by atoms with Gasteiger partial charge in [-0.15, -0.1) is 0 Å². The third-order valence-corrected chi connectivity index (χ3v) is 8.87. The highest BCUT2D eigenvalue weighted by Gasteiger charge is 2.62. The molecule has 1 unspecified atom stereocenters. The molecular weight excluding hydrogens is 529 g/mol. The van der Waals surface area contributed by atoms with E-state index in [2.05, 4.69) is 5.32 Å². The fraction of sp³-hybridized carbons (Fsp3) is 0.500. The fourth-order valence-corrected chi connectivity index (χ4v) is 6.28. The number of carbonyl (C=O) groups is 1. The monoisotopic (exact) mass is 557 g/mol. The van der Waals surface area contributed by atoms with Crippen LogP contribution in [0, 0.1) is 23.0 Å². The van der Waals surface area contributed by atoms with Crippen molar-refractivity contribution in [2.45, 2.75) is 56.1 Å². The minimum atomic E-state index is -5.05. The number of carbonyl (C=O) groups excluding carboxylic acids is 1. The third kappa shape index (κ3) is 5.38. The number of hydrogen-bond donors (Lipinski definition) is 2. The molecule has 206 valence electrons. The Morgan fingerprint density at radius 2 is 1.76 bits per heavy atom. The summed E-state index contributed by atoms with van der Waals surface area (Å²) in [4.78, 5) is 14.4. The largest absolute Gasteiger partial charge is 0.350 e. The molecule has 1 heterocycles. The number of sulfonamides is 1. The number of hydrogen-bond acceptors (Lipinski definition) is 3. The van der Waals surface area contributed by atoms with Crippen LogP contribution in [0.15, 0.2) is 42.5 Å². The van der Waals surface area contributed by atoms with E-state index >= 15 is 4.39 Å². The second-order valence-electron chi connectivity index (χ2n) is 10.5. The molecule has 6 nitrogen and oxygen atoms in total. The van der Waals surface area contributed by atoms with Crippen LogP contribution in [0.4, 0.5) is 26.7 Å². The number of halogens is 5. The van der Waals surface area contributed by atoms with Crippen molar-refractivity contribution >= 4 is 16.1 Å². The number of alkyl halides is 3. The summed E-state index contributed by atoms with van der Waals surface area (Å²) < 4.78 is 97.5. The molecule has 2 aliphatic carbocycles. The summed E-state index contributed by atoms with van der Waals surface area (Å²) >= 11 is 0. The van der Waals surface area contributed by atoms with Gasteiger partial charge in [-0.2, -0.15) is 8.78 Å². The van der Waals surface area contributed by atoms with Gasteiger partial charge in [0.1, 0.15) is 17.8 Å². The van der Waals surface area contributed by atoms with Gasteiger partial charge in [-0.3, -0.25) is 0 Å². The van der Waals surface area contributed by atoms with Gasteiger partial charge in [0, 0.05) is 17.5 Å². The first kappa shape index (κ1) is 26.9. The smallest absolute Gasteiger partial charge is 0.335 e. The zero-order valence-corrected chi connectivity index (χ0v) is 21.2. The first-order valence-electron chi connectivity index (χ1n) is 12.5. The summed E-state index contributed by atoms with van der Waals surface area (Å²) in [5, 5.41) is 2.52. The second kappa shape index (κ2) is 10.1. The molecule has 0 radical (unpaired) electrons. The van der Waals surface area contributed by atoms with Crippen LogP contribution in [0.5, 0.6) is 0 Å². The summed E-state index contributed by atoms with van der Waals surface area (Å²) in [5.74, 6) is -5.33. The molecule has 2 aromatic carbocycles. The molecule has 2 aromatic rings. The van der Waals surface area contributed by atoms with Crippen molar-refractivity contribution in [2.24, 2.45) is 11.3 Å². The SMILES string of the molecule is O=C(NCC(F)C1CC1)N1CC2(CC2)[C@H](NS(=O)(=O)C(F)F)[C@@H]1Cc1cc(F)cc(-c2ccccc2)c1F. The van der Waals surface area contributed by atoms with E-state index < -0.39 is 57.1 Å². The molecule has 2 N–H and O–H groups in total. The zero-order chi connectivity index (χ0) is 27.2. The Kier molecular flexibility index (Phi) is 7.14. The van der Waals surface area contributed by atoms with E-state index in [0.717, 1.165) is 25.0 Å². The lowest BCUT2D eigenvalue weighted by Gasteiger charge is -2.30. The molecule has 3 aliphatic rings. The van der Waals surface area contributed by atoms with Crippen LogP contribution in [0.1, 0.15) is 31.2 Å². The van der Waals surface area contributed by atoms with Crippen molar-refractivity contribution in [2.75, 3.05) is 13.1 Å². The lowest BCUT2D eigenvalue weighted by molar-refractivity contribution is 0.182. The summed E-state index contributed by atoms with van der Waals surface area (Å²) in [6.45, 7) is -0.234. The Bertz CT molecular complexity index is 1300. The molecule has 0 aromatic heterocycles. The molecule has 2 saturated carbocycles. The van der Waals surface area contributed by atoms with Crippen molar-refractivity contribution in [1.82, 2.24) is 14.9 Å². The fourth-order valence-electron chi connectivity index (χ4n) is 5.41. The highest BCUT2D eigenvalue weighted by atomic mass is 32.2. The van der Waals surface area contributed by atoms with Gasteiger partial charge < -0.3 is 10.2 Å². The highest BCUT2D eigenvalue weighted by Crippen LogP contribution is 2.55. The number of nitrogens with one attached hydrogen (secondary N) is 2. The zero-order valence-electron chi connectivity index (χ0n) is 20.3. The lowest BCUT2D eigenvalue weighted by Crippen LogP contribution is -2.52. The molecule has 1 saturated heterocycles. The lowest BCUT2D eigenvalue weighted by atomic mass is 9.91. The van der Waals surface area contributed by atoms with E-state index in [0.29, 0.717) is 18.4 Å². The van der Waals surface area contributed by atoms with Crippen molar-refractivity contribution in [1.29, 1.82) is 0 Å². The number of rotatable bonds is 9. The van der Waals surface area contributed by atoms with Gasteiger partial charge in [0.25, 0.3) is 10.0 Å². The Morgan fingerprint density at radius 3 is 2.37 bits per heavy atom. The van der Waals surface area contributed by atoms with E-state index in [1.165, 1.54) is 4.90 Å². The number of benzene rings is 2. The van der Waals surface area contributed by atoms with E-state index in [4.69, 9.17) is 0 Å². The molecule has 38 heavy (non-hydrogen) atoms. The molecule has 1 aliphatic heterocycles. The van der Waals surface area contributed by atoms with Crippen molar-refractivity contribution in [3.05, 3.63) is 59.7 Å². The van der Waals surface area contributed by atoms with Gasteiger partial charge in [-0.05, 0) is 61.3 Å². The van der Waals surface area contributed by atoms with Crippen LogP contribution < -0.4 is 10.0 Å². The minimum Gasteiger partial charge on any atom is -0.335 e. The van der Waals surface area contributed by atoms with Gasteiger partial charge in [0.2, 0.25) is 0 Å². The summed E-state index contributed by atoms with van der Waals surface area (Å²) in [6.07, 6.45) is 0.796. The first-order chi connectivity index (χ1) is 18.0. The van der Waals surface area contributed by atoms with Gasteiger partial charge in [-0.1, -0.05) is 30.3 Å². The molecule has 2 amide bonds. The Balaban J connectivity index is 1.48. The van der Waals surface area contributed by atoms with Gasteiger partial charge >= 0.3 is 11.8 Å². The minimum absolute atomic E-state index is 0.0166. The molecule has 3 atom stereocenters. The molecule has 3 fully saturated rings. The number of urea groups is 1. The normalized spacial score (nSPS) is 23.2. The third-order valence-electron chi connectivity index (χ3n) is 7.82. The molecular formula is C26H28F5N3O3S. The Morgan fingerprint density at radius 1 is 1.08 bits per heavy atom. The topological polar surface area (TPSA) is 78.5 Å². The maximum atomic E-state index is 15.7. The van der Waals surface area contributed by atoms with E-state index in [9.17, 15) is 30.8 Å². The Hall–Kier alpha value is -2.73. The highest BCUT2D eigenvalue weighted by molar-refractivity contribution is 7.89. The van der Waals surface area contributed by atoms with E-state index in [1.54, 1.807) is 30.3 Å². The molecule has 0 bridgehead atoms. The average molecular weight is 558 g/mol. The van der Waals surface area contributed by atoms with Gasteiger partial charge in [-0.25, -0.2) is 31.1 Å². The van der Waals surface area contributed by atoms with Crippen LogP contribution in [-0.2, 0) is 16.4 Å². The number of likely N-dealkylation sites (tertiary alicyclic amines) is 1. The molecule has 1 spiro atoms. The van der Waals surface area contributed by atoms with Crippen molar-refractivity contribution < 1.29 is 35.2 Å². The van der Waals surface area contributed by atoms with Gasteiger partial charge in [0.05, 0.1) is 18.6 Å².